The van der Waals surface area contributed by atoms with E-state index in [2.05, 4.69) is 15.1 Å². The van der Waals surface area contributed by atoms with Crippen LogP contribution in [0.3, 0.4) is 0 Å². The van der Waals surface area contributed by atoms with Crippen molar-refractivity contribution in [3.05, 3.63) is 23.3 Å². The Balaban J connectivity index is 2.94. The van der Waals surface area contributed by atoms with Gasteiger partial charge in [0.2, 0.25) is 0 Å². The molecule has 0 saturated carbocycles. The molecule has 9 heteroatoms. The fourth-order valence-electron chi connectivity index (χ4n) is 1.38. The average Bonchev–Trinajstić information content (AvgIpc) is 2.67. The number of halogens is 1. The smallest absolute Gasteiger partial charge is 0.427 e. The van der Waals surface area contributed by atoms with Gasteiger partial charge in [-0.1, -0.05) is 11.6 Å². The van der Waals surface area contributed by atoms with E-state index in [4.69, 9.17) is 16.3 Å². The summed E-state index contributed by atoms with van der Waals surface area (Å²) in [7, 11) is 0. The van der Waals surface area contributed by atoms with Gasteiger partial charge >= 0.3 is 12.1 Å². The Kier molecular flexibility index (Phi) is 5.81. The minimum absolute atomic E-state index is 0.00914. The first-order valence-electron chi connectivity index (χ1n) is 6.45. The molecule has 1 aromatic heterocycles. The van der Waals surface area contributed by atoms with Crippen molar-refractivity contribution in [1.82, 2.24) is 9.66 Å². The average molecular weight is 332 g/mol. The van der Waals surface area contributed by atoms with E-state index in [1.165, 1.54) is 6.20 Å². The third-order valence-electron chi connectivity index (χ3n) is 2.06. The Bertz CT molecular complexity index is 589. The van der Waals surface area contributed by atoms with Crippen LogP contribution in [0.15, 0.2) is 12.3 Å². The molecule has 0 atom stereocenters. The van der Waals surface area contributed by atoms with Crippen LogP contribution in [0, 0.1) is 0 Å². The molecule has 2 N–H and O–H groups in total. The van der Waals surface area contributed by atoms with Gasteiger partial charge in [-0.15, -0.1) is 0 Å². The third-order valence-corrected chi connectivity index (χ3v) is 2.24. The summed E-state index contributed by atoms with van der Waals surface area (Å²) in [6.07, 6.45) is 1.30. The third kappa shape index (κ3) is 5.65. The summed E-state index contributed by atoms with van der Waals surface area (Å²) in [4.78, 5) is 26.8. The highest BCUT2D eigenvalue weighted by atomic mass is 35.5. The Hall–Kier alpha value is -2.22. The highest BCUT2D eigenvalue weighted by molar-refractivity contribution is 6.29. The second-order valence-corrected chi connectivity index (χ2v) is 5.54. The van der Waals surface area contributed by atoms with E-state index in [1.54, 1.807) is 27.7 Å². The molecule has 0 aliphatic heterocycles. The Morgan fingerprint density at radius 2 is 2.14 bits per heavy atom. The van der Waals surface area contributed by atoms with Crippen LogP contribution in [0.25, 0.3) is 5.76 Å². The second kappa shape index (κ2) is 7.17. The van der Waals surface area contributed by atoms with Crippen molar-refractivity contribution in [3.63, 3.8) is 0 Å². The maximum atomic E-state index is 11.7. The van der Waals surface area contributed by atoms with Gasteiger partial charge in [-0.2, -0.15) is 0 Å². The van der Waals surface area contributed by atoms with Crippen LogP contribution in [-0.4, -0.2) is 39.0 Å². The van der Waals surface area contributed by atoms with Crippen molar-refractivity contribution in [2.75, 3.05) is 12.0 Å². The van der Waals surface area contributed by atoms with Crippen LogP contribution in [0.1, 0.15) is 33.5 Å². The summed E-state index contributed by atoms with van der Waals surface area (Å²) in [5, 5.41) is 9.89. The van der Waals surface area contributed by atoms with E-state index in [0.717, 1.165) is 10.8 Å². The van der Waals surface area contributed by atoms with Gasteiger partial charge < -0.3 is 14.6 Å². The van der Waals surface area contributed by atoms with Gasteiger partial charge in [-0.05, 0) is 27.7 Å². The lowest BCUT2D eigenvalue weighted by molar-refractivity contribution is -0.137. The summed E-state index contributed by atoms with van der Waals surface area (Å²) in [6.45, 7) is 6.89. The van der Waals surface area contributed by atoms with Gasteiger partial charge in [-0.3, -0.25) is 0 Å². The summed E-state index contributed by atoms with van der Waals surface area (Å²) >= 11 is 5.75. The molecule has 0 unspecified atom stereocenters. The van der Waals surface area contributed by atoms with Crippen molar-refractivity contribution in [2.24, 2.45) is 0 Å². The number of rotatable bonds is 4. The largest absolute Gasteiger partial charge is 0.504 e. The zero-order valence-corrected chi connectivity index (χ0v) is 13.5. The summed E-state index contributed by atoms with van der Waals surface area (Å²) in [5.74, 6) is -1.40. The number of hydrogen-bond donors (Lipinski definition) is 2. The lowest BCUT2D eigenvalue weighted by Crippen LogP contribution is -2.32. The van der Waals surface area contributed by atoms with Crippen LogP contribution in [0.2, 0.25) is 5.15 Å². The Morgan fingerprint density at radius 1 is 1.50 bits per heavy atom. The van der Waals surface area contributed by atoms with Gasteiger partial charge in [0.1, 0.15) is 10.8 Å². The molecule has 1 rings (SSSR count). The van der Waals surface area contributed by atoms with Crippen LogP contribution in [-0.2, 0) is 14.3 Å². The molecule has 0 fully saturated rings. The molecule has 122 valence electrons. The van der Waals surface area contributed by atoms with Gasteiger partial charge in [0.25, 0.3) is 0 Å². The molecular weight excluding hydrogens is 314 g/mol. The molecule has 0 bridgehead atoms. The number of nitrogens with zero attached hydrogens (tertiary/aromatic N) is 2. The number of amides is 1. The summed E-state index contributed by atoms with van der Waals surface area (Å²) in [6, 6.07) is 0. The molecule has 0 spiro atoms. The molecule has 8 nitrogen and oxygen atoms in total. The van der Waals surface area contributed by atoms with Crippen LogP contribution >= 0.6 is 11.6 Å². The normalized spacial score (nSPS) is 12.0. The number of hydrogen-bond acceptors (Lipinski definition) is 6. The quantitative estimate of drug-likeness (QED) is 0.499. The highest BCUT2D eigenvalue weighted by Gasteiger charge is 2.19. The molecule has 0 aliphatic rings. The minimum atomic E-state index is -0.772. The molecule has 0 radical (unpaired) electrons. The van der Waals surface area contributed by atoms with Crippen molar-refractivity contribution >= 4 is 29.4 Å². The van der Waals surface area contributed by atoms with Crippen molar-refractivity contribution in [3.8, 4) is 0 Å². The molecule has 1 heterocycles. The summed E-state index contributed by atoms with van der Waals surface area (Å²) < 4.78 is 10.8. The molecule has 0 aromatic carbocycles. The van der Waals surface area contributed by atoms with E-state index < -0.39 is 23.4 Å². The maximum Gasteiger partial charge on any atom is 0.427 e. The lowest BCUT2D eigenvalue weighted by Gasteiger charge is -2.20. The van der Waals surface area contributed by atoms with Gasteiger partial charge in [-0.25, -0.2) is 24.7 Å². The zero-order chi connectivity index (χ0) is 16.9. The van der Waals surface area contributed by atoms with Gasteiger partial charge in [0.05, 0.1) is 18.9 Å². The summed E-state index contributed by atoms with van der Waals surface area (Å²) in [5.41, 5.74) is 1.63. The monoisotopic (exact) mass is 331 g/mol. The topological polar surface area (TPSA) is 103 Å². The maximum absolute atomic E-state index is 11.7. The van der Waals surface area contributed by atoms with Crippen LogP contribution in [0.4, 0.5) is 4.79 Å². The molecule has 1 amide bonds. The molecule has 1 aromatic rings. The lowest BCUT2D eigenvalue weighted by atomic mass is 10.2. The van der Waals surface area contributed by atoms with E-state index >= 15 is 0 Å². The second-order valence-electron chi connectivity index (χ2n) is 5.15. The number of aliphatic hydroxyl groups excluding tert-OH is 1. The number of aromatic nitrogens is 2. The Labute approximate surface area is 132 Å². The predicted molar refractivity (Wildman–Crippen MR) is 80.1 cm³/mol. The van der Waals surface area contributed by atoms with Gasteiger partial charge in [0, 0.05) is 0 Å². The van der Waals surface area contributed by atoms with E-state index in [-0.39, 0.29) is 17.6 Å². The first-order chi connectivity index (χ1) is 10.1. The first-order valence-corrected chi connectivity index (χ1v) is 6.83. The minimum Gasteiger partial charge on any atom is -0.504 e. The predicted octanol–water partition coefficient (Wildman–Crippen LogP) is 2.48. The molecule has 22 heavy (non-hydrogen) atoms. The number of ether oxygens (including phenoxy) is 2. The number of nitrogens with one attached hydrogen (secondary N) is 1. The first kappa shape index (κ1) is 17.8. The van der Waals surface area contributed by atoms with E-state index in [1.807, 2.05) is 0 Å². The van der Waals surface area contributed by atoms with Crippen LogP contribution in [0.5, 0.6) is 0 Å². The SMILES string of the molecule is CCOC(=O)/C=C(\O)c1nc(Cl)cn1NC(=O)OC(C)(C)C. The number of imidazole rings is 1. The fourth-order valence-corrected chi connectivity index (χ4v) is 1.55. The van der Waals surface area contributed by atoms with Gasteiger partial charge in [0.15, 0.2) is 11.6 Å². The standard InChI is InChI=1S/C13H18ClN3O5/c1-5-21-10(19)6-8(18)11-15-9(14)7-17(11)16-12(20)22-13(2,3)4/h6-7,18H,5H2,1-4H3,(H,16,20)/b8-6-. The van der Waals surface area contributed by atoms with Crippen molar-refractivity contribution in [2.45, 2.75) is 33.3 Å². The molecule has 0 saturated heterocycles. The number of esters is 1. The molecular formula is C13H18ClN3O5. The van der Waals surface area contributed by atoms with E-state index in [0.29, 0.717) is 0 Å². The van der Waals surface area contributed by atoms with E-state index in [9.17, 15) is 14.7 Å². The highest BCUT2D eigenvalue weighted by Crippen LogP contribution is 2.15. The van der Waals surface area contributed by atoms with Crippen molar-refractivity contribution < 1.29 is 24.2 Å². The zero-order valence-electron chi connectivity index (χ0n) is 12.7. The van der Waals surface area contributed by atoms with Crippen LogP contribution < -0.4 is 5.43 Å². The van der Waals surface area contributed by atoms with Crippen molar-refractivity contribution in [1.29, 1.82) is 0 Å². The fraction of sp³-hybridized carbons (Fsp3) is 0.462. The number of aliphatic hydroxyl groups is 1. The number of carbonyl (C=O) groups excluding carboxylic acids is 2. The Morgan fingerprint density at radius 3 is 2.68 bits per heavy atom. The number of carbonyl (C=O) groups is 2. The molecule has 0 aliphatic carbocycles.